The van der Waals surface area contributed by atoms with Gasteiger partial charge in [-0.25, -0.2) is 0 Å². The summed E-state index contributed by atoms with van der Waals surface area (Å²) >= 11 is 2.20. The average Bonchev–Trinajstić information content (AvgIpc) is 2.15. The summed E-state index contributed by atoms with van der Waals surface area (Å²) in [4.78, 5) is 10.0. The van der Waals surface area contributed by atoms with E-state index in [1.54, 1.807) is 7.11 Å². The Morgan fingerprint density at radius 2 is 2.38 bits per heavy atom. The molecule has 0 aliphatic carbocycles. The normalized spacial score (nSPS) is 9.38. The molecule has 1 amide bonds. The van der Waals surface area contributed by atoms with E-state index in [2.05, 4.69) is 27.9 Å². The number of methoxy groups -OCH3 is 1. The van der Waals surface area contributed by atoms with Crippen LogP contribution in [0.3, 0.4) is 0 Å². The van der Waals surface area contributed by atoms with Crippen molar-refractivity contribution in [2.45, 2.75) is 6.54 Å². The van der Waals surface area contributed by atoms with Gasteiger partial charge in [-0.2, -0.15) is 0 Å². The number of halogens is 1. The third kappa shape index (κ3) is 2.87. The van der Waals surface area contributed by atoms with Crippen LogP contribution in [0.5, 0.6) is 5.75 Å². The Kier molecular flexibility index (Phi) is 4.01. The van der Waals surface area contributed by atoms with Gasteiger partial charge in [0, 0.05) is 6.54 Å². The zero-order chi connectivity index (χ0) is 9.68. The maximum atomic E-state index is 10.0. The smallest absolute Gasteiger partial charge is 0.207 e. The molecule has 1 rings (SSSR count). The molecule has 0 saturated carbocycles. The van der Waals surface area contributed by atoms with E-state index < -0.39 is 0 Å². The molecule has 1 aromatic carbocycles. The Bertz CT molecular complexity index is 302. The third-order valence-corrected chi connectivity index (χ3v) is 2.45. The number of hydrogen-bond acceptors (Lipinski definition) is 2. The van der Waals surface area contributed by atoms with Crippen LogP contribution in [-0.4, -0.2) is 13.5 Å². The van der Waals surface area contributed by atoms with Gasteiger partial charge in [0.05, 0.1) is 10.7 Å². The first-order chi connectivity index (χ1) is 6.27. The van der Waals surface area contributed by atoms with Crippen LogP contribution in [0.1, 0.15) is 5.56 Å². The van der Waals surface area contributed by atoms with Crippen molar-refractivity contribution in [3.05, 3.63) is 27.3 Å². The third-order valence-electron chi connectivity index (χ3n) is 1.61. The number of hydrogen-bond donors (Lipinski definition) is 1. The van der Waals surface area contributed by atoms with Gasteiger partial charge in [0.2, 0.25) is 6.41 Å². The van der Waals surface area contributed by atoms with E-state index in [0.29, 0.717) is 13.0 Å². The monoisotopic (exact) mass is 291 g/mol. The lowest BCUT2D eigenvalue weighted by molar-refractivity contribution is -0.109. The van der Waals surface area contributed by atoms with E-state index in [1.165, 1.54) is 0 Å². The van der Waals surface area contributed by atoms with Crippen LogP contribution < -0.4 is 10.1 Å². The van der Waals surface area contributed by atoms with Crippen LogP contribution in [0.25, 0.3) is 0 Å². The summed E-state index contributed by atoms with van der Waals surface area (Å²) in [7, 11) is 1.64. The summed E-state index contributed by atoms with van der Waals surface area (Å²) in [5.41, 5.74) is 1.07. The maximum Gasteiger partial charge on any atom is 0.207 e. The van der Waals surface area contributed by atoms with Gasteiger partial charge in [0.15, 0.2) is 0 Å². The minimum absolute atomic E-state index is 0.559. The predicted molar refractivity (Wildman–Crippen MR) is 58.6 cm³/mol. The van der Waals surface area contributed by atoms with Gasteiger partial charge in [-0.1, -0.05) is 6.07 Å². The highest BCUT2D eigenvalue weighted by atomic mass is 127. The van der Waals surface area contributed by atoms with Gasteiger partial charge in [0.25, 0.3) is 0 Å². The number of ether oxygens (including phenoxy) is 1. The molecule has 0 bridgehead atoms. The van der Waals surface area contributed by atoms with E-state index in [9.17, 15) is 4.79 Å². The molecule has 0 aliphatic rings. The fourth-order valence-electron chi connectivity index (χ4n) is 0.979. The minimum Gasteiger partial charge on any atom is -0.496 e. The number of carbonyl (C=O) groups excluding carboxylic acids is 1. The van der Waals surface area contributed by atoms with E-state index >= 15 is 0 Å². The Labute approximate surface area is 90.6 Å². The van der Waals surface area contributed by atoms with Crippen LogP contribution in [0.4, 0.5) is 0 Å². The van der Waals surface area contributed by atoms with E-state index in [0.717, 1.165) is 14.9 Å². The summed E-state index contributed by atoms with van der Waals surface area (Å²) in [6.07, 6.45) is 0.692. The first kappa shape index (κ1) is 10.3. The van der Waals surface area contributed by atoms with Crippen molar-refractivity contribution in [3.8, 4) is 5.75 Å². The van der Waals surface area contributed by atoms with Crippen LogP contribution in [0, 0.1) is 3.57 Å². The fraction of sp³-hybridized carbons (Fsp3) is 0.222. The van der Waals surface area contributed by atoms with Crippen molar-refractivity contribution >= 4 is 29.0 Å². The molecule has 0 atom stereocenters. The zero-order valence-electron chi connectivity index (χ0n) is 7.21. The molecule has 4 heteroatoms. The number of rotatable bonds is 4. The lowest BCUT2D eigenvalue weighted by atomic mass is 10.2. The van der Waals surface area contributed by atoms with Gasteiger partial charge < -0.3 is 10.1 Å². The molecule has 0 aliphatic heterocycles. The Morgan fingerprint density at radius 1 is 1.62 bits per heavy atom. The Morgan fingerprint density at radius 3 is 2.92 bits per heavy atom. The van der Waals surface area contributed by atoms with Crippen molar-refractivity contribution in [3.63, 3.8) is 0 Å². The number of nitrogens with one attached hydrogen (secondary N) is 1. The van der Waals surface area contributed by atoms with E-state index in [1.807, 2.05) is 18.2 Å². The standard InChI is InChI=1S/C9H10INO2/c1-13-9-3-2-7(4-8(9)10)5-11-6-12/h2-4,6H,5H2,1H3,(H,11,12). The van der Waals surface area contributed by atoms with Crippen LogP contribution in [0.2, 0.25) is 0 Å². The number of amides is 1. The molecular weight excluding hydrogens is 281 g/mol. The Balaban J connectivity index is 2.76. The van der Waals surface area contributed by atoms with Crippen molar-refractivity contribution in [1.29, 1.82) is 0 Å². The molecule has 13 heavy (non-hydrogen) atoms. The molecule has 0 heterocycles. The highest BCUT2D eigenvalue weighted by molar-refractivity contribution is 14.1. The maximum absolute atomic E-state index is 10.0. The van der Waals surface area contributed by atoms with Gasteiger partial charge in [-0.15, -0.1) is 0 Å². The van der Waals surface area contributed by atoms with Crippen molar-refractivity contribution < 1.29 is 9.53 Å². The van der Waals surface area contributed by atoms with Crippen molar-refractivity contribution in [1.82, 2.24) is 5.32 Å². The quantitative estimate of drug-likeness (QED) is 0.675. The molecule has 70 valence electrons. The second-order valence-corrected chi connectivity index (χ2v) is 3.63. The Hall–Kier alpha value is -0.780. The predicted octanol–water partition coefficient (Wildman–Crippen LogP) is 1.55. The largest absolute Gasteiger partial charge is 0.496 e. The number of benzene rings is 1. The molecular formula is C9H10INO2. The summed E-state index contributed by atoms with van der Waals surface area (Å²) < 4.78 is 6.15. The lowest BCUT2D eigenvalue weighted by Crippen LogP contribution is -2.09. The molecule has 1 N–H and O–H groups in total. The van der Waals surface area contributed by atoms with Crippen LogP contribution >= 0.6 is 22.6 Å². The number of carbonyl (C=O) groups is 1. The fourth-order valence-corrected chi connectivity index (χ4v) is 1.78. The van der Waals surface area contributed by atoms with Gasteiger partial charge in [0.1, 0.15) is 5.75 Å². The van der Waals surface area contributed by atoms with Gasteiger partial charge in [-0.05, 0) is 40.3 Å². The second-order valence-electron chi connectivity index (χ2n) is 2.47. The first-order valence-electron chi connectivity index (χ1n) is 3.77. The molecule has 1 aromatic rings. The van der Waals surface area contributed by atoms with Crippen LogP contribution in [-0.2, 0) is 11.3 Å². The summed E-state index contributed by atoms with van der Waals surface area (Å²) in [6.45, 7) is 0.559. The molecule has 0 fully saturated rings. The highest BCUT2D eigenvalue weighted by Crippen LogP contribution is 2.21. The minimum atomic E-state index is 0.559. The molecule has 3 nitrogen and oxygen atoms in total. The summed E-state index contributed by atoms with van der Waals surface area (Å²) in [5, 5.41) is 2.60. The molecule has 0 saturated heterocycles. The van der Waals surface area contributed by atoms with E-state index in [4.69, 9.17) is 4.74 Å². The highest BCUT2D eigenvalue weighted by Gasteiger charge is 1.99. The van der Waals surface area contributed by atoms with E-state index in [-0.39, 0.29) is 0 Å². The van der Waals surface area contributed by atoms with Gasteiger partial charge in [-0.3, -0.25) is 4.79 Å². The topological polar surface area (TPSA) is 38.3 Å². The van der Waals surface area contributed by atoms with Crippen molar-refractivity contribution in [2.75, 3.05) is 7.11 Å². The van der Waals surface area contributed by atoms with Crippen LogP contribution in [0.15, 0.2) is 18.2 Å². The SMILES string of the molecule is COc1ccc(CNC=O)cc1I. The summed E-state index contributed by atoms with van der Waals surface area (Å²) in [5.74, 6) is 0.857. The zero-order valence-corrected chi connectivity index (χ0v) is 9.37. The molecule has 0 radical (unpaired) electrons. The summed E-state index contributed by atoms with van der Waals surface area (Å²) in [6, 6.07) is 5.80. The first-order valence-corrected chi connectivity index (χ1v) is 4.85. The molecule has 0 unspecified atom stereocenters. The van der Waals surface area contributed by atoms with Gasteiger partial charge >= 0.3 is 0 Å². The average molecular weight is 291 g/mol. The molecule has 0 spiro atoms. The lowest BCUT2D eigenvalue weighted by Gasteiger charge is -2.05. The second kappa shape index (κ2) is 5.06. The molecule has 0 aromatic heterocycles. The van der Waals surface area contributed by atoms with Crippen molar-refractivity contribution in [2.24, 2.45) is 0 Å².